The third-order valence-electron chi connectivity index (χ3n) is 2.46. The molecule has 4 heteroatoms. The minimum absolute atomic E-state index is 0.0246. The Bertz CT molecular complexity index is 503. The van der Waals surface area contributed by atoms with E-state index in [-0.39, 0.29) is 6.61 Å². The lowest BCUT2D eigenvalue weighted by Gasteiger charge is -2.23. The lowest BCUT2D eigenvalue weighted by molar-refractivity contribution is 0.0408. The number of nitrogens with zero attached hydrogens (tertiary/aromatic N) is 2. The molecular formula is C12H16N2O2. The first-order chi connectivity index (χ1) is 7.52. The normalized spacial score (nSPS) is 12.0. The van der Waals surface area contributed by atoms with Gasteiger partial charge < -0.3 is 9.84 Å². The molecule has 0 amide bonds. The summed E-state index contributed by atoms with van der Waals surface area (Å²) in [5.74, 6) is 0.703. The Kier molecular flexibility index (Phi) is 2.59. The minimum Gasteiger partial charge on any atom is -0.484 e. The van der Waals surface area contributed by atoms with E-state index < -0.39 is 5.60 Å². The number of hydrogen-bond acceptors (Lipinski definition) is 3. The number of aliphatic hydroxyl groups excluding tert-OH is 1. The summed E-state index contributed by atoms with van der Waals surface area (Å²) in [6.45, 7) is 5.67. The molecule has 0 aromatic carbocycles. The minimum atomic E-state index is -0.574. The van der Waals surface area contributed by atoms with Crippen LogP contribution in [0.2, 0.25) is 0 Å². The second-order valence-corrected chi connectivity index (χ2v) is 4.54. The van der Waals surface area contributed by atoms with Crippen LogP contribution in [0, 0.1) is 6.92 Å². The molecule has 2 aromatic heterocycles. The summed E-state index contributed by atoms with van der Waals surface area (Å²) in [5.41, 5.74) is 1.62. The highest BCUT2D eigenvalue weighted by molar-refractivity contribution is 5.54. The molecule has 0 aliphatic heterocycles. The van der Waals surface area contributed by atoms with E-state index in [0.717, 1.165) is 11.1 Å². The zero-order valence-corrected chi connectivity index (χ0v) is 9.77. The maximum atomic E-state index is 9.13. The van der Waals surface area contributed by atoms with Crippen molar-refractivity contribution in [2.45, 2.75) is 26.4 Å². The Morgan fingerprint density at radius 2 is 2.19 bits per heavy atom. The standard InChI is InChI=1S/C12H16N2O2/c1-9-6-13-14-7-10(4-5-11(9)14)16-12(2,3)8-15/h4-7,15H,8H2,1-3H3. The van der Waals surface area contributed by atoms with E-state index in [1.165, 1.54) is 0 Å². The highest BCUT2D eigenvalue weighted by atomic mass is 16.5. The predicted octanol–water partition coefficient (Wildman–Crippen LogP) is 1.79. The zero-order chi connectivity index (χ0) is 11.8. The van der Waals surface area contributed by atoms with E-state index in [2.05, 4.69) is 5.10 Å². The second kappa shape index (κ2) is 3.79. The first kappa shape index (κ1) is 11.0. The summed E-state index contributed by atoms with van der Waals surface area (Å²) in [4.78, 5) is 0. The van der Waals surface area contributed by atoms with E-state index in [0.29, 0.717) is 5.75 Å². The number of aromatic nitrogens is 2. The molecule has 2 aromatic rings. The van der Waals surface area contributed by atoms with Crippen molar-refractivity contribution in [1.82, 2.24) is 9.61 Å². The Labute approximate surface area is 94.5 Å². The van der Waals surface area contributed by atoms with Gasteiger partial charge in [0.15, 0.2) is 0 Å². The number of pyridine rings is 1. The van der Waals surface area contributed by atoms with Gasteiger partial charge in [-0.2, -0.15) is 5.10 Å². The van der Waals surface area contributed by atoms with Crippen LogP contribution in [0.3, 0.4) is 0 Å². The summed E-state index contributed by atoms with van der Waals surface area (Å²) >= 11 is 0. The largest absolute Gasteiger partial charge is 0.484 e. The first-order valence-electron chi connectivity index (χ1n) is 5.26. The average molecular weight is 220 g/mol. The lowest BCUT2D eigenvalue weighted by Crippen LogP contribution is -2.32. The van der Waals surface area contributed by atoms with Gasteiger partial charge in [0, 0.05) is 0 Å². The Balaban J connectivity index is 2.33. The Morgan fingerprint density at radius 1 is 1.44 bits per heavy atom. The first-order valence-corrected chi connectivity index (χ1v) is 5.26. The molecule has 0 radical (unpaired) electrons. The fourth-order valence-electron chi connectivity index (χ4n) is 1.50. The molecule has 0 bridgehead atoms. The third-order valence-corrected chi connectivity index (χ3v) is 2.46. The Hall–Kier alpha value is -1.55. The molecule has 86 valence electrons. The molecule has 0 fully saturated rings. The van der Waals surface area contributed by atoms with Crippen molar-refractivity contribution in [2.75, 3.05) is 6.61 Å². The molecule has 0 atom stereocenters. The van der Waals surface area contributed by atoms with Crippen molar-refractivity contribution in [3.8, 4) is 5.75 Å². The Morgan fingerprint density at radius 3 is 2.88 bits per heavy atom. The summed E-state index contributed by atoms with van der Waals surface area (Å²) < 4.78 is 7.43. The van der Waals surface area contributed by atoms with E-state index in [9.17, 15) is 0 Å². The van der Waals surface area contributed by atoms with Gasteiger partial charge in [0.05, 0.1) is 24.5 Å². The van der Waals surface area contributed by atoms with E-state index in [1.807, 2.05) is 45.3 Å². The number of rotatable bonds is 3. The van der Waals surface area contributed by atoms with Crippen LogP contribution in [0.1, 0.15) is 19.4 Å². The summed E-state index contributed by atoms with van der Waals surface area (Å²) in [7, 11) is 0. The third kappa shape index (κ3) is 2.02. The van der Waals surface area contributed by atoms with Crippen LogP contribution < -0.4 is 4.74 Å². The van der Waals surface area contributed by atoms with Crippen molar-refractivity contribution in [2.24, 2.45) is 0 Å². The molecule has 0 aliphatic rings. The molecule has 4 nitrogen and oxygen atoms in total. The number of fused-ring (bicyclic) bond motifs is 1. The number of aliphatic hydroxyl groups is 1. The maximum absolute atomic E-state index is 9.13. The van der Waals surface area contributed by atoms with Crippen LogP contribution in [0.15, 0.2) is 24.5 Å². The van der Waals surface area contributed by atoms with E-state index in [1.54, 1.807) is 4.52 Å². The molecule has 2 heterocycles. The zero-order valence-electron chi connectivity index (χ0n) is 9.77. The summed E-state index contributed by atoms with van der Waals surface area (Å²) in [6.07, 6.45) is 3.63. The van der Waals surface area contributed by atoms with Gasteiger partial charge in [0.1, 0.15) is 11.4 Å². The van der Waals surface area contributed by atoms with Gasteiger partial charge in [-0.05, 0) is 38.5 Å². The van der Waals surface area contributed by atoms with Crippen molar-refractivity contribution in [1.29, 1.82) is 0 Å². The second-order valence-electron chi connectivity index (χ2n) is 4.54. The van der Waals surface area contributed by atoms with Crippen LogP contribution in [-0.2, 0) is 0 Å². The molecule has 2 rings (SSSR count). The van der Waals surface area contributed by atoms with Gasteiger partial charge in [-0.3, -0.25) is 0 Å². The highest BCUT2D eigenvalue weighted by Crippen LogP contribution is 2.20. The quantitative estimate of drug-likeness (QED) is 0.857. The van der Waals surface area contributed by atoms with Gasteiger partial charge in [0.2, 0.25) is 0 Å². The molecule has 0 aliphatic carbocycles. The topological polar surface area (TPSA) is 46.8 Å². The number of hydrogen-bond donors (Lipinski definition) is 1. The molecule has 0 saturated heterocycles. The molecule has 0 saturated carbocycles. The smallest absolute Gasteiger partial charge is 0.138 e. The summed E-state index contributed by atoms with van der Waals surface area (Å²) in [6, 6.07) is 3.85. The van der Waals surface area contributed by atoms with Gasteiger partial charge >= 0.3 is 0 Å². The lowest BCUT2D eigenvalue weighted by atomic mass is 10.1. The van der Waals surface area contributed by atoms with Crippen molar-refractivity contribution < 1.29 is 9.84 Å². The fourth-order valence-corrected chi connectivity index (χ4v) is 1.50. The van der Waals surface area contributed by atoms with Crippen molar-refractivity contribution in [3.05, 3.63) is 30.1 Å². The fraction of sp³-hybridized carbons (Fsp3) is 0.417. The molecular weight excluding hydrogens is 204 g/mol. The van der Waals surface area contributed by atoms with Gasteiger partial charge in [-0.15, -0.1) is 0 Å². The molecule has 16 heavy (non-hydrogen) atoms. The van der Waals surface area contributed by atoms with Gasteiger partial charge in [-0.25, -0.2) is 4.52 Å². The van der Waals surface area contributed by atoms with Crippen LogP contribution in [0.25, 0.3) is 5.52 Å². The SMILES string of the molecule is Cc1cnn2cc(OC(C)(C)CO)ccc12. The highest BCUT2D eigenvalue weighted by Gasteiger charge is 2.18. The maximum Gasteiger partial charge on any atom is 0.138 e. The van der Waals surface area contributed by atoms with Crippen molar-refractivity contribution >= 4 is 5.52 Å². The van der Waals surface area contributed by atoms with E-state index >= 15 is 0 Å². The molecule has 1 N–H and O–H groups in total. The number of aryl methyl sites for hydroxylation is 1. The van der Waals surface area contributed by atoms with Crippen LogP contribution in [-0.4, -0.2) is 26.9 Å². The molecule has 0 unspecified atom stereocenters. The van der Waals surface area contributed by atoms with Crippen LogP contribution in [0.4, 0.5) is 0 Å². The van der Waals surface area contributed by atoms with Gasteiger partial charge in [-0.1, -0.05) is 0 Å². The summed E-state index contributed by atoms with van der Waals surface area (Å²) in [5, 5.41) is 13.3. The van der Waals surface area contributed by atoms with Crippen LogP contribution >= 0.6 is 0 Å². The van der Waals surface area contributed by atoms with Crippen LogP contribution in [0.5, 0.6) is 5.75 Å². The monoisotopic (exact) mass is 220 g/mol. The predicted molar refractivity (Wildman–Crippen MR) is 61.7 cm³/mol. The molecule has 0 spiro atoms. The van der Waals surface area contributed by atoms with E-state index in [4.69, 9.17) is 9.84 Å². The van der Waals surface area contributed by atoms with Crippen molar-refractivity contribution in [3.63, 3.8) is 0 Å². The number of ether oxygens (including phenoxy) is 1. The van der Waals surface area contributed by atoms with Gasteiger partial charge in [0.25, 0.3) is 0 Å². The average Bonchev–Trinajstić information content (AvgIpc) is 2.60.